The van der Waals surface area contributed by atoms with Crippen molar-refractivity contribution in [2.24, 2.45) is 0 Å². The second-order valence-corrected chi connectivity index (χ2v) is 5.75. The number of hydrogen-bond acceptors (Lipinski definition) is 3. The first-order valence-corrected chi connectivity index (χ1v) is 7.65. The van der Waals surface area contributed by atoms with Gasteiger partial charge in [0.15, 0.2) is 0 Å². The van der Waals surface area contributed by atoms with E-state index in [9.17, 15) is 0 Å². The molecule has 0 radical (unpaired) electrons. The number of benzene rings is 2. The summed E-state index contributed by atoms with van der Waals surface area (Å²) in [5.74, 6) is 1.73. The second kappa shape index (κ2) is 7.48. The molecule has 0 saturated heterocycles. The molecule has 21 heavy (non-hydrogen) atoms. The van der Waals surface area contributed by atoms with Gasteiger partial charge in [0, 0.05) is 16.1 Å². The van der Waals surface area contributed by atoms with E-state index in [4.69, 9.17) is 9.47 Å². The average Bonchev–Trinajstić information content (AvgIpc) is 2.52. The summed E-state index contributed by atoms with van der Waals surface area (Å²) in [6.07, 6.45) is 0. The fourth-order valence-electron chi connectivity index (χ4n) is 2.07. The van der Waals surface area contributed by atoms with Crippen molar-refractivity contribution in [2.75, 3.05) is 14.2 Å². The minimum absolute atomic E-state index is 0.235. The molecule has 0 heterocycles. The maximum absolute atomic E-state index is 6.00. The van der Waals surface area contributed by atoms with E-state index in [0.29, 0.717) is 6.61 Å². The molecule has 0 aromatic heterocycles. The van der Waals surface area contributed by atoms with E-state index in [-0.39, 0.29) is 6.04 Å². The summed E-state index contributed by atoms with van der Waals surface area (Å²) in [5.41, 5.74) is 2.22. The maximum Gasteiger partial charge on any atom is 0.125 e. The van der Waals surface area contributed by atoms with Crippen molar-refractivity contribution in [3.8, 4) is 11.5 Å². The van der Waals surface area contributed by atoms with Crippen LogP contribution in [-0.2, 0) is 6.61 Å². The van der Waals surface area contributed by atoms with Crippen LogP contribution in [0.4, 0.5) is 0 Å². The summed E-state index contributed by atoms with van der Waals surface area (Å²) in [6.45, 7) is 2.62. The summed E-state index contributed by atoms with van der Waals surface area (Å²) in [4.78, 5) is 0. The van der Waals surface area contributed by atoms with E-state index >= 15 is 0 Å². The number of methoxy groups -OCH3 is 1. The van der Waals surface area contributed by atoms with Crippen molar-refractivity contribution >= 4 is 15.9 Å². The Morgan fingerprint density at radius 1 is 1.19 bits per heavy atom. The predicted octanol–water partition coefficient (Wildman–Crippen LogP) is 4.32. The molecule has 4 heteroatoms. The first-order chi connectivity index (χ1) is 10.1. The molecule has 0 bridgehead atoms. The number of rotatable bonds is 6. The topological polar surface area (TPSA) is 30.5 Å². The van der Waals surface area contributed by atoms with Crippen molar-refractivity contribution in [3.63, 3.8) is 0 Å². The van der Waals surface area contributed by atoms with Gasteiger partial charge >= 0.3 is 0 Å². The third kappa shape index (κ3) is 4.22. The molecule has 0 saturated carbocycles. The Labute approximate surface area is 134 Å². The van der Waals surface area contributed by atoms with Crippen LogP contribution in [0.25, 0.3) is 0 Å². The van der Waals surface area contributed by atoms with Gasteiger partial charge in [-0.05, 0) is 43.8 Å². The predicted molar refractivity (Wildman–Crippen MR) is 88.9 cm³/mol. The SMILES string of the molecule is CNC(C)c1ccc(Br)cc1OCc1cccc(OC)c1. The summed E-state index contributed by atoms with van der Waals surface area (Å²) in [7, 11) is 3.61. The van der Waals surface area contributed by atoms with E-state index in [2.05, 4.69) is 34.2 Å². The Morgan fingerprint density at radius 2 is 2.00 bits per heavy atom. The normalized spacial score (nSPS) is 12.0. The Kier molecular flexibility index (Phi) is 5.65. The van der Waals surface area contributed by atoms with Crippen LogP contribution < -0.4 is 14.8 Å². The van der Waals surface area contributed by atoms with Crippen LogP contribution in [0.1, 0.15) is 24.1 Å². The average molecular weight is 350 g/mol. The van der Waals surface area contributed by atoms with E-state index < -0.39 is 0 Å². The first-order valence-electron chi connectivity index (χ1n) is 6.86. The molecule has 2 aromatic rings. The third-order valence-corrected chi connectivity index (χ3v) is 3.90. The highest BCUT2D eigenvalue weighted by Crippen LogP contribution is 2.29. The van der Waals surface area contributed by atoms with Crippen LogP contribution >= 0.6 is 15.9 Å². The smallest absolute Gasteiger partial charge is 0.125 e. The largest absolute Gasteiger partial charge is 0.497 e. The Bertz CT molecular complexity index is 601. The van der Waals surface area contributed by atoms with Crippen molar-refractivity contribution in [3.05, 3.63) is 58.1 Å². The van der Waals surface area contributed by atoms with Gasteiger partial charge in [0.25, 0.3) is 0 Å². The zero-order valence-corrected chi connectivity index (χ0v) is 14.1. The summed E-state index contributed by atoms with van der Waals surface area (Å²) >= 11 is 3.50. The Balaban J connectivity index is 2.16. The summed E-state index contributed by atoms with van der Waals surface area (Å²) in [5, 5.41) is 3.24. The minimum Gasteiger partial charge on any atom is -0.497 e. The lowest BCUT2D eigenvalue weighted by atomic mass is 10.1. The van der Waals surface area contributed by atoms with Crippen LogP contribution in [0.2, 0.25) is 0 Å². The number of nitrogens with one attached hydrogen (secondary N) is 1. The first kappa shape index (κ1) is 15.9. The maximum atomic E-state index is 6.00. The Morgan fingerprint density at radius 3 is 2.71 bits per heavy atom. The standard InChI is InChI=1S/C17H20BrNO2/c1-12(19-2)16-8-7-14(18)10-17(16)21-11-13-5-4-6-15(9-13)20-3/h4-10,12,19H,11H2,1-3H3. The highest BCUT2D eigenvalue weighted by Gasteiger charge is 2.11. The zero-order chi connectivity index (χ0) is 15.2. The van der Waals surface area contributed by atoms with Crippen molar-refractivity contribution in [2.45, 2.75) is 19.6 Å². The van der Waals surface area contributed by atoms with E-state index in [1.807, 2.05) is 43.4 Å². The molecular weight excluding hydrogens is 330 g/mol. The molecule has 1 atom stereocenters. The van der Waals surface area contributed by atoms with Gasteiger partial charge in [0.05, 0.1) is 7.11 Å². The van der Waals surface area contributed by atoms with Crippen LogP contribution in [0.15, 0.2) is 46.9 Å². The molecule has 0 aliphatic heterocycles. The van der Waals surface area contributed by atoms with Crippen LogP contribution in [0.5, 0.6) is 11.5 Å². The molecule has 1 unspecified atom stereocenters. The quantitative estimate of drug-likeness (QED) is 0.842. The molecule has 2 rings (SSSR count). The molecule has 0 aliphatic rings. The molecule has 2 aromatic carbocycles. The molecule has 0 aliphatic carbocycles. The highest BCUT2D eigenvalue weighted by atomic mass is 79.9. The molecule has 1 N–H and O–H groups in total. The van der Waals surface area contributed by atoms with E-state index in [1.165, 1.54) is 0 Å². The van der Waals surface area contributed by atoms with Gasteiger partial charge in [0.1, 0.15) is 18.1 Å². The van der Waals surface area contributed by atoms with Gasteiger partial charge < -0.3 is 14.8 Å². The lowest BCUT2D eigenvalue weighted by molar-refractivity contribution is 0.299. The van der Waals surface area contributed by atoms with Gasteiger partial charge in [-0.3, -0.25) is 0 Å². The number of halogens is 1. The van der Waals surface area contributed by atoms with Gasteiger partial charge in [-0.1, -0.05) is 34.1 Å². The number of ether oxygens (including phenoxy) is 2. The van der Waals surface area contributed by atoms with Crippen molar-refractivity contribution in [1.29, 1.82) is 0 Å². The third-order valence-electron chi connectivity index (χ3n) is 3.40. The van der Waals surface area contributed by atoms with Crippen molar-refractivity contribution < 1.29 is 9.47 Å². The fraction of sp³-hybridized carbons (Fsp3) is 0.294. The molecule has 112 valence electrons. The van der Waals surface area contributed by atoms with Crippen LogP contribution in [-0.4, -0.2) is 14.2 Å². The van der Waals surface area contributed by atoms with E-state index in [0.717, 1.165) is 27.1 Å². The fourth-order valence-corrected chi connectivity index (χ4v) is 2.41. The van der Waals surface area contributed by atoms with Gasteiger partial charge in [-0.15, -0.1) is 0 Å². The van der Waals surface area contributed by atoms with Gasteiger partial charge in [-0.25, -0.2) is 0 Å². The summed E-state index contributed by atoms with van der Waals surface area (Å²) < 4.78 is 12.2. The molecule has 0 amide bonds. The summed E-state index contributed by atoms with van der Waals surface area (Å²) in [6, 6.07) is 14.3. The van der Waals surface area contributed by atoms with E-state index in [1.54, 1.807) is 7.11 Å². The van der Waals surface area contributed by atoms with Gasteiger partial charge in [0.2, 0.25) is 0 Å². The van der Waals surface area contributed by atoms with Crippen LogP contribution in [0.3, 0.4) is 0 Å². The Hall–Kier alpha value is -1.52. The minimum atomic E-state index is 0.235. The highest BCUT2D eigenvalue weighted by molar-refractivity contribution is 9.10. The number of hydrogen-bond donors (Lipinski definition) is 1. The lowest BCUT2D eigenvalue weighted by Gasteiger charge is -2.17. The molecular formula is C17H20BrNO2. The van der Waals surface area contributed by atoms with Gasteiger partial charge in [-0.2, -0.15) is 0 Å². The lowest BCUT2D eigenvalue weighted by Crippen LogP contribution is -2.13. The van der Waals surface area contributed by atoms with Crippen molar-refractivity contribution in [1.82, 2.24) is 5.32 Å². The molecule has 0 spiro atoms. The monoisotopic (exact) mass is 349 g/mol. The zero-order valence-electron chi connectivity index (χ0n) is 12.5. The van der Waals surface area contributed by atoms with Crippen LogP contribution in [0, 0.1) is 0 Å². The second-order valence-electron chi connectivity index (χ2n) is 4.83. The molecule has 3 nitrogen and oxygen atoms in total. The molecule has 0 fully saturated rings.